The number of rotatable bonds is 9. The van der Waals surface area contributed by atoms with E-state index in [9.17, 15) is 10.1 Å². The molecule has 7 heteroatoms. The minimum atomic E-state index is -0.441. The molecule has 0 unspecified atom stereocenters. The molecule has 0 aliphatic rings. The van der Waals surface area contributed by atoms with Gasteiger partial charge in [-0.15, -0.1) is 0 Å². The Morgan fingerprint density at radius 2 is 1.90 bits per heavy atom. The number of nitrogen functional groups attached to an aromatic ring is 1. The van der Waals surface area contributed by atoms with Gasteiger partial charge < -0.3 is 20.1 Å². The summed E-state index contributed by atoms with van der Waals surface area (Å²) in [6, 6.07) is 4.61. The van der Waals surface area contributed by atoms with Crippen molar-refractivity contribution in [3.63, 3.8) is 0 Å². The van der Waals surface area contributed by atoms with Crippen molar-refractivity contribution < 1.29 is 14.4 Å². The SMILES string of the molecule is COCCCN(CCOC)c1cc(N)cc([N+](=O)[O-])c1. The number of non-ortho nitro benzene ring substituents is 1. The predicted octanol–water partition coefficient (Wildman–Crippen LogP) is 1.67. The number of nitro groups is 1. The Morgan fingerprint density at radius 1 is 1.20 bits per heavy atom. The Balaban J connectivity index is 2.90. The Hall–Kier alpha value is -1.86. The third-order valence-electron chi connectivity index (χ3n) is 2.84. The first-order valence-electron chi connectivity index (χ1n) is 6.36. The van der Waals surface area contributed by atoms with Crippen LogP contribution in [0.2, 0.25) is 0 Å². The van der Waals surface area contributed by atoms with Crippen LogP contribution >= 0.6 is 0 Å². The van der Waals surface area contributed by atoms with E-state index in [-0.39, 0.29) is 5.69 Å². The van der Waals surface area contributed by atoms with Gasteiger partial charge >= 0.3 is 0 Å². The average Bonchev–Trinajstić information content (AvgIpc) is 2.42. The number of methoxy groups -OCH3 is 2. The second kappa shape index (κ2) is 8.34. The maximum atomic E-state index is 10.9. The number of nitrogens with zero attached hydrogens (tertiary/aromatic N) is 2. The molecule has 0 atom stereocenters. The third kappa shape index (κ3) is 5.02. The minimum absolute atomic E-state index is 0.00541. The Bertz CT molecular complexity index is 440. The fourth-order valence-corrected chi connectivity index (χ4v) is 1.88. The molecule has 0 spiro atoms. The quantitative estimate of drug-likeness (QED) is 0.321. The summed E-state index contributed by atoms with van der Waals surface area (Å²) in [6.45, 7) is 2.53. The van der Waals surface area contributed by atoms with Crippen molar-refractivity contribution in [2.45, 2.75) is 6.42 Å². The summed E-state index contributed by atoms with van der Waals surface area (Å²) in [7, 11) is 3.26. The topological polar surface area (TPSA) is 90.9 Å². The zero-order valence-electron chi connectivity index (χ0n) is 11.9. The van der Waals surface area contributed by atoms with Crippen molar-refractivity contribution in [3.05, 3.63) is 28.3 Å². The summed E-state index contributed by atoms with van der Waals surface area (Å²) >= 11 is 0. The van der Waals surface area contributed by atoms with Crippen LogP contribution in [-0.2, 0) is 9.47 Å². The standard InChI is InChI=1S/C13H21N3O4/c1-19-6-3-4-15(5-7-20-2)12-8-11(14)9-13(10-12)16(17)18/h8-10H,3-7,14H2,1-2H3. The first-order valence-corrected chi connectivity index (χ1v) is 6.36. The molecule has 0 aromatic heterocycles. The number of benzene rings is 1. The average molecular weight is 283 g/mol. The van der Waals surface area contributed by atoms with Crippen LogP contribution in [0.15, 0.2) is 18.2 Å². The van der Waals surface area contributed by atoms with Crippen molar-refractivity contribution in [2.75, 3.05) is 51.2 Å². The molecule has 7 nitrogen and oxygen atoms in total. The van der Waals surface area contributed by atoms with Crippen LogP contribution in [0.4, 0.5) is 17.1 Å². The number of nitro benzene ring substituents is 1. The third-order valence-corrected chi connectivity index (χ3v) is 2.84. The van der Waals surface area contributed by atoms with Gasteiger partial charge in [0.2, 0.25) is 0 Å². The van der Waals surface area contributed by atoms with Crippen LogP contribution in [-0.4, -0.2) is 45.4 Å². The van der Waals surface area contributed by atoms with E-state index in [1.165, 1.54) is 12.1 Å². The van der Waals surface area contributed by atoms with E-state index in [2.05, 4.69) is 0 Å². The summed E-state index contributed by atoms with van der Waals surface area (Å²) in [6.07, 6.45) is 0.822. The van der Waals surface area contributed by atoms with E-state index < -0.39 is 4.92 Å². The number of hydrogen-bond acceptors (Lipinski definition) is 6. The highest BCUT2D eigenvalue weighted by Gasteiger charge is 2.13. The first-order chi connectivity index (χ1) is 9.58. The fourth-order valence-electron chi connectivity index (χ4n) is 1.88. The molecule has 2 N–H and O–H groups in total. The van der Waals surface area contributed by atoms with Crippen molar-refractivity contribution >= 4 is 17.1 Å². The molecular formula is C13H21N3O4. The molecule has 0 radical (unpaired) electrons. The molecule has 0 saturated heterocycles. The number of hydrogen-bond donors (Lipinski definition) is 1. The zero-order chi connectivity index (χ0) is 15.0. The van der Waals surface area contributed by atoms with Gasteiger partial charge in [-0.05, 0) is 12.5 Å². The molecule has 20 heavy (non-hydrogen) atoms. The molecule has 0 amide bonds. The second-order valence-corrected chi connectivity index (χ2v) is 4.37. The van der Waals surface area contributed by atoms with Gasteiger partial charge in [0, 0.05) is 57.4 Å². The van der Waals surface area contributed by atoms with Gasteiger partial charge in [-0.1, -0.05) is 0 Å². The molecule has 112 valence electrons. The van der Waals surface area contributed by atoms with Gasteiger partial charge in [0.05, 0.1) is 11.5 Å². The van der Waals surface area contributed by atoms with Gasteiger partial charge in [0.1, 0.15) is 0 Å². The highest BCUT2D eigenvalue weighted by molar-refractivity contribution is 5.62. The Kier molecular flexibility index (Phi) is 6.75. The summed E-state index contributed by atoms with van der Waals surface area (Å²) < 4.78 is 10.1. The molecule has 0 aliphatic heterocycles. The lowest BCUT2D eigenvalue weighted by molar-refractivity contribution is -0.384. The van der Waals surface area contributed by atoms with Crippen molar-refractivity contribution in [1.29, 1.82) is 0 Å². The minimum Gasteiger partial charge on any atom is -0.398 e. The van der Waals surface area contributed by atoms with Crippen LogP contribution in [0, 0.1) is 10.1 Å². The van der Waals surface area contributed by atoms with E-state index in [1.807, 2.05) is 4.90 Å². The molecule has 0 saturated carbocycles. The fraction of sp³-hybridized carbons (Fsp3) is 0.538. The van der Waals surface area contributed by atoms with Crippen molar-refractivity contribution in [1.82, 2.24) is 0 Å². The van der Waals surface area contributed by atoms with E-state index in [4.69, 9.17) is 15.2 Å². The van der Waals surface area contributed by atoms with E-state index in [0.29, 0.717) is 25.4 Å². The van der Waals surface area contributed by atoms with E-state index in [0.717, 1.165) is 18.7 Å². The number of nitrogens with two attached hydrogens (primary N) is 1. The molecule has 1 aromatic rings. The highest BCUT2D eigenvalue weighted by atomic mass is 16.6. The molecule has 0 aliphatic carbocycles. The van der Waals surface area contributed by atoms with Gasteiger partial charge in [-0.3, -0.25) is 10.1 Å². The summed E-state index contributed by atoms with van der Waals surface area (Å²) in [5.41, 5.74) is 6.83. The molecule has 1 aromatic carbocycles. The van der Waals surface area contributed by atoms with Crippen LogP contribution in [0.1, 0.15) is 6.42 Å². The Labute approximate surface area is 118 Å². The van der Waals surface area contributed by atoms with Crippen LogP contribution in [0.3, 0.4) is 0 Å². The van der Waals surface area contributed by atoms with E-state index in [1.54, 1.807) is 20.3 Å². The maximum Gasteiger partial charge on any atom is 0.273 e. The molecular weight excluding hydrogens is 262 g/mol. The van der Waals surface area contributed by atoms with Crippen molar-refractivity contribution in [2.24, 2.45) is 0 Å². The Morgan fingerprint density at radius 3 is 2.50 bits per heavy atom. The summed E-state index contributed by atoms with van der Waals surface area (Å²) in [4.78, 5) is 12.5. The molecule has 1 rings (SSSR count). The lowest BCUT2D eigenvalue weighted by atomic mass is 10.2. The van der Waals surface area contributed by atoms with E-state index >= 15 is 0 Å². The van der Waals surface area contributed by atoms with Gasteiger partial charge in [-0.25, -0.2) is 0 Å². The second-order valence-electron chi connectivity index (χ2n) is 4.37. The largest absolute Gasteiger partial charge is 0.398 e. The first kappa shape index (κ1) is 16.2. The van der Waals surface area contributed by atoms with Crippen LogP contribution < -0.4 is 10.6 Å². The highest BCUT2D eigenvalue weighted by Crippen LogP contribution is 2.25. The van der Waals surface area contributed by atoms with Crippen LogP contribution in [0.25, 0.3) is 0 Å². The van der Waals surface area contributed by atoms with Gasteiger partial charge in [0.15, 0.2) is 0 Å². The van der Waals surface area contributed by atoms with Crippen LogP contribution in [0.5, 0.6) is 0 Å². The van der Waals surface area contributed by atoms with Gasteiger partial charge in [0.25, 0.3) is 5.69 Å². The smallest absolute Gasteiger partial charge is 0.273 e. The number of ether oxygens (including phenoxy) is 2. The normalized spacial score (nSPS) is 10.5. The summed E-state index contributed by atoms with van der Waals surface area (Å²) in [5, 5.41) is 10.9. The predicted molar refractivity (Wildman–Crippen MR) is 78.1 cm³/mol. The summed E-state index contributed by atoms with van der Waals surface area (Å²) in [5.74, 6) is 0. The lowest BCUT2D eigenvalue weighted by Crippen LogP contribution is -2.29. The molecule has 0 bridgehead atoms. The monoisotopic (exact) mass is 283 g/mol. The lowest BCUT2D eigenvalue weighted by Gasteiger charge is -2.24. The zero-order valence-corrected chi connectivity index (χ0v) is 11.9. The van der Waals surface area contributed by atoms with Gasteiger partial charge in [-0.2, -0.15) is 0 Å². The molecule has 0 heterocycles. The maximum absolute atomic E-state index is 10.9. The molecule has 0 fully saturated rings. The van der Waals surface area contributed by atoms with Crippen molar-refractivity contribution in [3.8, 4) is 0 Å². The number of anilines is 2.